The Morgan fingerprint density at radius 1 is 1.47 bits per heavy atom. The number of carbonyl (C=O) groups excluding carboxylic acids is 1. The first-order valence-corrected chi connectivity index (χ1v) is 6.19. The first-order valence-electron chi connectivity index (χ1n) is 6.19. The van der Waals surface area contributed by atoms with Crippen molar-refractivity contribution in [1.82, 2.24) is 5.32 Å². The summed E-state index contributed by atoms with van der Waals surface area (Å²) in [5.74, 6) is 1.62. The van der Waals surface area contributed by atoms with Crippen LogP contribution in [-0.4, -0.2) is 26.0 Å². The lowest BCUT2D eigenvalue weighted by atomic mass is 9.88. The molecule has 3 heteroatoms. The van der Waals surface area contributed by atoms with Gasteiger partial charge in [0.05, 0.1) is 6.61 Å². The second-order valence-corrected chi connectivity index (χ2v) is 4.47. The van der Waals surface area contributed by atoms with Crippen LogP contribution in [0.5, 0.6) is 5.75 Å². The molecule has 1 aliphatic rings. The van der Waals surface area contributed by atoms with Crippen molar-refractivity contribution in [2.24, 2.45) is 0 Å². The van der Waals surface area contributed by atoms with Gasteiger partial charge in [-0.05, 0) is 31.0 Å². The molecule has 0 radical (unpaired) electrons. The fourth-order valence-electron chi connectivity index (χ4n) is 2.27. The molecule has 0 fully saturated rings. The lowest BCUT2D eigenvalue weighted by Gasteiger charge is -2.25. The van der Waals surface area contributed by atoms with Crippen LogP contribution in [0, 0.1) is 0 Å². The van der Waals surface area contributed by atoms with Crippen molar-refractivity contribution in [2.75, 3.05) is 20.2 Å². The fraction of sp³-hybridized carbons (Fsp3) is 0.500. The number of benzene rings is 1. The van der Waals surface area contributed by atoms with Gasteiger partial charge in [-0.3, -0.25) is 4.79 Å². The van der Waals surface area contributed by atoms with E-state index in [1.807, 2.05) is 25.2 Å². The Hall–Kier alpha value is -1.35. The largest absolute Gasteiger partial charge is 0.493 e. The van der Waals surface area contributed by atoms with Crippen LogP contribution in [0.3, 0.4) is 0 Å². The number of hydrogen-bond donors (Lipinski definition) is 1. The molecular weight excluding hydrogens is 214 g/mol. The molecule has 3 nitrogen and oxygen atoms in total. The summed E-state index contributed by atoms with van der Waals surface area (Å²) < 4.78 is 5.59. The summed E-state index contributed by atoms with van der Waals surface area (Å²) in [4.78, 5) is 11.8. The average Bonchev–Trinajstić information content (AvgIpc) is 2.37. The quantitative estimate of drug-likeness (QED) is 0.846. The van der Waals surface area contributed by atoms with E-state index < -0.39 is 0 Å². The summed E-state index contributed by atoms with van der Waals surface area (Å²) in [6, 6.07) is 8.05. The standard InChI is InChI=1S/C14H19NO2/c1-15-8-6-12(16)10-11-7-9-17-14-5-3-2-4-13(11)14/h2-5,11,15H,6-10H2,1H3. The van der Waals surface area contributed by atoms with Gasteiger partial charge in [0.1, 0.15) is 11.5 Å². The molecule has 1 aromatic carbocycles. The van der Waals surface area contributed by atoms with Crippen molar-refractivity contribution in [2.45, 2.75) is 25.2 Å². The zero-order valence-corrected chi connectivity index (χ0v) is 10.2. The van der Waals surface area contributed by atoms with E-state index in [1.54, 1.807) is 0 Å². The normalized spacial score (nSPS) is 18.3. The molecule has 92 valence electrons. The first-order chi connectivity index (χ1) is 8.31. The van der Waals surface area contributed by atoms with Crippen LogP contribution in [0.15, 0.2) is 24.3 Å². The van der Waals surface area contributed by atoms with Crippen molar-refractivity contribution < 1.29 is 9.53 Å². The maximum Gasteiger partial charge on any atom is 0.134 e. The maximum absolute atomic E-state index is 11.8. The van der Waals surface area contributed by atoms with Gasteiger partial charge in [-0.25, -0.2) is 0 Å². The molecule has 1 aliphatic heterocycles. The van der Waals surface area contributed by atoms with E-state index in [0.717, 1.165) is 25.3 Å². The highest BCUT2D eigenvalue weighted by atomic mass is 16.5. The van der Waals surface area contributed by atoms with Crippen LogP contribution in [0.1, 0.15) is 30.7 Å². The van der Waals surface area contributed by atoms with Crippen molar-refractivity contribution >= 4 is 5.78 Å². The van der Waals surface area contributed by atoms with Crippen molar-refractivity contribution in [1.29, 1.82) is 0 Å². The number of Topliss-reactive ketones (excluding diaryl/α,β-unsaturated/α-hetero) is 1. The van der Waals surface area contributed by atoms with E-state index >= 15 is 0 Å². The Morgan fingerprint density at radius 3 is 3.12 bits per heavy atom. The second-order valence-electron chi connectivity index (χ2n) is 4.47. The Labute approximate surface area is 102 Å². The predicted octanol–water partition coefficient (Wildman–Crippen LogP) is 2.12. The third-order valence-corrected chi connectivity index (χ3v) is 3.21. The highest BCUT2D eigenvalue weighted by Gasteiger charge is 2.22. The van der Waals surface area contributed by atoms with Crippen molar-refractivity contribution in [3.63, 3.8) is 0 Å². The fourth-order valence-corrected chi connectivity index (χ4v) is 2.27. The summed E-state index contributed by atoms with van der Waals surface area (Å²) >= 11 is 0. The summed E-state index contributed by atoms with van der Waals surface area (Å²) in [6.45, 7) is 1.49. The highest BCUT2D eigenvalue weighted by Crippen LogP contribution is 2.35. The van der Waals surface area contributed by atoms with Crippen LogP contribution in [0.2, 0.25) is 0 Å². The molecular formula is C14H19NO2. The number of rotatable bonds is 5. The number of ether oxygens (including phenoxy) is 1. The van der Waals surface area contributed by atoms with E-state index in [-0.39, 0.29) is 0 Å². The Morgan fingerprint density at radius 2 is 2.29 bits per heavy atom. The molecule has 0 bridgehead atoms. The van der Waals surface area contributed by atoms with E-state index in [9.17, 15) is 4.79 Å². The molecule has 0 saturated carbocycles. The van der Waals surface area contributed by atoms with Gasteiger partial charge in [0.15, 0.2) is 0 Å². The monoisotopic (exact) mass is 233 g/mol. The van der Waals surface area contributed by atoms with Crippen molar-refractivity contribution in [3.8, 4) is 5.75 Å². The smallest absolute Gasteiger partial charge is 0.134 e. The van der Waals surface area contributed by atoms with Gasteiger partial charge in [0.2, 0.25) is 0 Å². The van der Waals surface area contributed by atoms with Crippen LogP contribution in [-0.2, 0) is 4.79 Å². The van der Waals surface area contributed by atoms with Crippen LogP contribution >= 0.6 is 0 Å². The molecule has 0 amide bonds. The molecule has 0 spiro atoms. The molecule has 17 heavy (non-hydrogen) atoms. The molecule has 1 heterocycles. The van der Waals surface area contributed by atoms with E-state index in [2.05, 4.69) is 11.4 Å². The van der Waals surface area contributed by atoms with Gasteiger partial charge in [-0.15, -0.1) is 0 Å². The number of carbonyl (C=O) groups is 1. The van der Waals surface area contributed by atoms with Gasteiger partial charge in [-0.2, -0.15) is 0 Å². The number of nitrogens with one attached hydrogen (secondary N) is 1. The zero-order valence-electron chi connectivity index (χ0n) is 10.2. The van der Waals surface area contributed by atoms with E-state index in [1.165, 1.54) is 5.56 Å². The number of ketones is 1. The lowest BCUT2D eigenvalue weighted by molar-refractivity contribution is -0.119. The van der Waals surface area contributed by atoms with Gasteiger partial charge in [0, 0.05) is 19.4 Å². The first kappa shape index (κ1) is 12.1. The van der Waals surface area contributed by atoms with Crippen LogP contribution in [0.4, 0.5) is 0 Å². The molecule has 1 unspecified atom stereocenters. The number of para-hydroxylation sites is 1. The van der Waals surface area contributed by atoms with Gasteiger partial charge in [0.25, 0.3) is 0 Å². The van der Waals surface area contributed by atoms with Gasteiger partial charge >= 0.3 is 0 Å². The van der Waals surface area contributed by atoms with E-state index in [4.69, 9.17) is 4.74 Å². The van der Waals surface area contributed by atoms with Crippen LogP contribution in [0.25, 0.3) is 0 Å². The highest BCUT2D eigenvalue weighted by molar-refractivity contribution is 5.79. The minimum Gasteiger partial charge on any atom is -0.493 e. The van der Waals surface area contributed by atoms with E-state index in [0.29, 0.717) is 24.5 Å². The third kappa shape index (κ3) is 3.07. The topological polar surface area (TPSA) is 38.3 Å². The Kier molecular flexibility index (Phi) is 4.15. The lowest BCUT2D eigenvalue weighted by Crippen LogP contribution is -2.19. The zero-order chi connectivity index (χ0) is 12.1. The van der Waals surface area contributed by atoms with Gasteiger partial charge in [-0.1, -0.05) is 18.2 Å². The second kappa shape index (κ2) is 5.82. The predicted molar refractivity (Wildman–Crippen MR) is 67.5 cm³/mol. The van der Waals surface area contributed by atoms with Gasteiger partial charge < -0.3 is 10.1 Å². The SMILES string of the molecule is CNCCC(=O)CC1CCOc2ccccc21. The molecule has 0 saturated heterocycles. The molecule has 1 aromatic rings. The van der Waals surface area contributed by atoms with Crippen molar-refractivity contribution in [3.05, 3.63) is 29.8 Å². The molecule has 2 rings (SSSR count). The summed E-state index contributed by atoms with van der Waals surface area (Å²) in [6.07, 6.45) is 2.21. The Balaban J connectivity index is 2.01. The number of fused-ring (bicyclic) bond motifs is 1. The average molecular weight is 233 g/mol. The molecule has 0 aliphatic carbocycles. The minimum atomic E-state index is 0.334. The molecule has 1 atom stereocenters. The minimum absolute atomic E-state index is 0.334. The maximum atomic E-state index is 11.8. The van der Waals surface area contributed by atoms with Crippen LogP contribution < -0.4 is 10.1 Å². The Bertz CT molecular complexity index is 390. The summed E-state index contributed by atoms with van der Waals surface area (Å²) in [5.41, 5.74) is 1.19. The molecule has 1 N–H and O–H groups in total. The summed E-state index contributed by atoms with van der Waals surface area (Å²) in [7, 11) is 1.87. The number of hydrogen-bond acceptors (Lipinski definition) is 3. The molecule has 0 aromatic heterocycles. The summed E-state index contributed by atoms with van der Waals surface area (Å²) in [5, 5.41) is 3.01. The third-order valence-electron chi connectivity index (χ3n) is 3.21.